The quantitative estimate of drug-likeness (QED) is 0.909. The van der Waals surface area contributed by atoms with Crippen molar-refractivity contribution in [3.05, 3.63) is 46.7 Å². The molecule has 5 heteroatoms. The Bertz CT molecular complexity index is 661. The monoisotopic (exact) mass is 309 g/mol. The molecule has 3 nitrogen and oxygen atoms in total. The van der Waals surface area contributed by atoms with Crippen molar-refractivity contribution >= 4 is 26.9 Å². The van der Waals surface area contributed by atoms with E-state index in [0.717, 1.165) is 0 Å². The van der Waals surface area contributed by atoms with Crippen LogP contribution in [0.2, 0.25) is 0 Å². The minimum atomic E-state index is -3.23. The Hall–Kier alpha value is -1.33. The third-order valence-electron chi connectivity index (χ3n) is 3.11. The van der Waals surface area contributed by atoms with E-state index in [1.807, 2.05) is 23.6 Å². The molecule has 0 aliphatic carbocycles. The van der Waals surface area contributed by atoms with Gasteiger partial charge >= 0.3 is 0 Å². The summed E-state index contributed by atoms with van der Waals surface area (Å²) in [6.45, 7) is 4.25. The highest BCUT2D eigenvalue weighted by atomic mass is 32.2. The van der Waals surface area contributed by atoms with Crippen molar-refractivity contribution in [2.75, 3.05) is 11.6 Å². The third kappa shape index (κ3) is 3.41. The van der Waals surface area contributed by atoms with E-state index in [4.69, 9.17) is 0 Å². The van der Waals surface area contributed by atoms with Crippen molar-refractivity contribution < 1.29 is 8.42 Å². The highest BCUT2D eigenvalue weighted by molar-refractivity contribution is 7.90. The Morgan fingerprint density at radius 3 is 2.35 bits per heavy atom. The van der Waals surface area contributed by atoms with Crippen molar-refractivity contribution in [3.8, 4) is 0 Å². The molecule has 1 N–H and O–H groups in total. The van der Waals surface area contributed by atoms with Gasteiger partial charge in [-0.05, 0) is 29.5 Å². The van der Waals surface area contributed by atoms with Gasteiger partial charge in [0.05, 0.1) is 16.6 Å². The number of thiophene rings is 1. The summed E-state index contributed by atoms with van der Waals surface area (Å²) in [4.78, 5) is 1.56. The normalized spacial score (nSPS) is 13.4. The van der Waals surface area contributed by atoms with Gasteiger partial charge in [-0.15, -0.1) is 11.3 Å². The lowest BCUT2D eigenvalue weighted by Gasteiger charge is -2.23. The molecule has 2 rings (SSSR count). The number of anilines is 1. The van der Waals surface area contributed by atoms with E-state index in [1.54, 1.807) is 23.5 Å². The summed E-state index contributed by atoms with van der Waals surface area (Å²) in [5, 5.41) is 5.42. The van der Waals surface area contributed by atoms with Crippen molar-refractivity contribution in [1.29, 1.82) is 0 Å². The molecule has 0 saturated carbocycles. The largest absolute Gasteiger partial charge is 0.376 e. The lowest BCUT2D eigenvalue weighted by Crippen LogP contribution is -2.17. The van der Waals surface area contributed by atoms with Crippen molar-refractivity contribution in [2.24, 2.45) is 5.92 Å². The van der Waals surface area contributed by atoms with E-state index in [9.17, 15) is 8.42 Å². The Morgan fingerprint density at radius 1 is 1.10 bits per heavy atom. The molecule has 20 heavy (non-hydrogen) atoms. The molecule has 0 amide bonds. The molecule has 2 aromatic rings. The molecule has 0 fully saturated rings. The van der Waals surface area contributed by atoms with Gasteiger partial charge in [-0.3, -0.25) is 0 Å². The van der Waals surface area contributed by atoms with E-state index >= 15 is 0 Å². The fraction of sp³-hybridized carbons (Fsp3) is 0.333. The van der Waals surface area contributed by atoms with Crippen LogP contribution in [0.4, 0.5) is 5.69 Å². The Balaban J connectivity index is 2.38. The van der Waals surface area contributed by atoms with E-state index < -0.39 is 9.84 Å². The van der Waals surface area contributed by atoms with Crippen molar-refractivity contribution in [2.45, 2.75) is 24.8 Å². The second-order valence-corrected chi connectivity index (χ2v) is 8.11. The summed E-state index contributed by atoms with van der Waals surface area (Å²) < 4.78 is 23.7. The maximum Gasteiger partial charge on any atom is 0.177 e. The summed E-state index contributed by atoms with van der Waals surface area (Å²) in [7, 11) is -3.23. The van der Waals surface area contributed by atoms with Crippen LogP contribution < -0.4 is 5.32 Å². The van der Waals surface area contributed by atoms with Gasteiger partial charge in [-0.1, -0.05) is 32.0 Å². The minimum Gasteiger partial charge on any atom is -0.376 e. The van der Waals surface area contributed by atoms with Gasteiger partial charge in [-0.2, -0.15) is 0 Å². The lowest BCUT2D eigenvalue weighted by molar-refractivity contribution is 0.552. The summed E-state index contributed by atoms with van der Waals surface area (Å²) in [5.74, 6) is 0.362. The smallest absolute Gasteiger partial charge is 0.177 e. The fourth-order valence-corrected chi connectivity index (χ4v) is 3.91. The van der Waals surface area contributed by atoms with Crippen LogP contribution in [0.3, 0.4) is 0 Å². The highest BCUT2D eigenvalue weighted by Crippen LogP contribution is 2.32. The second kappa shape index (κ2) is 5.97. The van der Waals surface area contributed by atoms with Crippen LogP contribution in [0.5, 0.6) is 0 Å². The molecular weight excluding hydrogens is 290 g/mol. The zero-order valence-corrected chi connectivity index (χ0v) is 13.5. The van der Waals surface area contributed by atoms with Crippen LogP contribution in [0, 0.1) is 5.92 Å². The first-order valence-electron chi connectivity index (χ1n) is 6.48. The Morgan fingerprint density at radius 2 is 1.80 bits per heavy atom. The Kier molecular flexibility index (Phi) is 4.50. The van der Waals surface area contributed by atoms with Crippen LogP contribution in [0.1, 0.15) is 24.8 Å². The first-order valence-corrected chi connectivity index (χ1v) is 9.25. The first kappa shape index (κ1) is 15.1. The van der Waals surface area contributed by atoms with Crippen LogP contribution in [-0.2, 0) is 9.84 Å². The van der Waals surface area contributed by atoms with E-state index in [2.05, 4.69) is 25.2 Å². The van der Waals surface area contributed by atoms with Crippen molar-refractivity contribution in [3.63, 3.8) is 0 Å². The molecule has 0 aliphatic rings. The van der Waals surface area contributed by atoms with Gasteiger partial charge in [0.25, 0.3) is 0 Å². The summed E-state index contributed by atoms with van der Waals surface area (Å²) in [6.07, 6.45) is 1.24. The molecule has 0 saturated heterocycles. The average Bonchev–Trinajstić information content (AvgIpc) is 2.88. The Labute approximate surface area is 124 Å². The average molecular weight is 309 g/mol. The predicted octanol–water partition coefficient (Wildman–Crippen LogP) is 3.96. The highest BCUT2D eigenvalue weighted by Gasteiger charge is 2.20. The zero-order chi connectivity index (χ0) is 14.8. The van der Waals surface area contributed by atoms with E-state index in [-0.39, 0.29) is 6.04 Å². The topological polar surface area (TPSA) is 46.2 Å². The lowest BCUT2D eigenvalue weighted by atomic mass is 10.0. The number of benzene rings is 1. The molecule has 0 radical (unpaired) electrons. The van der Waals surface area contributed by atoms with Gasteiger partial charge in [-0.25, -0.2) is 8.42 Å². The number of sulfone groups is 1. The molecule has 0 aliphatic heterocycles. The third-order valence-corrected chi connectivity index (χ3v) is 5.22. The van der Waals surface area contributed by atoms with Crippen molar-refractivity contribution in [1.82, 2.24) is 0 Å². The van der Waals surface area contributed by atoms with Crippen LogP contribution in [0.15, 0.2) is 46.7 Å². The van der Waals surface area contributed by atoms with Gasteiger partial charge < -0.3 is 5.32 Å². The van der Waals surface area contributed by atoms with E-state index in [0.29, 0.717) is 16.5 Å². The molecule has 108 valence electrons. The van der Waals surface area contributed by atoms with Gasteiger partial charge in [0.15, 0.2) is 9.84 Å². The van der Waals surface area contributed by atoms with E-state index in [1.165, 1.54) is 11.1 Å². The fourth-order valence-electron chi connectivity index (χ4n) is 2.11. The molecule has 1 aromatic carbocycles. The number of rotatable bonds is 5. The summed E-state index contributed by atoms with van der Waals surface area (Å²) in [6, 6.07) is 11.3. The van der Waals surface area contributed by atoms with Crippen LogP contribution in [-0.4, -0.2) is 14.7 Å². The standard InChI is InChI=1S/C15H19NO2S2/c1-11(2)15(13-8-6-10-19-13)16-12-7-4-5-9-14(12)20(3,17)18/h4-11,15-16H,1-3H3. The van der Waals surface area contributed by atoms with Gasteiger partial charge in [0.2, 0.25) is 0 Å². The molecule has 1 heterocycles. The number of hydrogen-bond donors (Lipinski definition) is 1. The molecule has 0 spiro atoms. The molecule has 0 bridgehead atoms. The number of nitrogens with one attached hydrogen (secondary N) is 1. The molecule has 1 atom stereocenters. The zero-order valence-electron chi connectivity index (χ0n) is 11.8. The first-order chi connectivity index (χ1) is 9.39. The summed E-state index contributed by atoms with van der Waals surface area (Å²) in [5.41, 5.74) is 0.669. The van der Waals surface area contributed by atoms with Gasteiger partial charge in [0.1, 0.15) is 0 Å². The maximum absolute atomic E-state index is 11.9. The predicted molar refractivity (Wildman–Crippen MR) is 85.1 cm³/mol. The molecule has 1 unspecified atom stereocenters. The molecule has 1 aromatic heterocycles. The molecular formula is C15H19NO2S2. The SMILES string of the molecule is CC(C)C(Nc1ccccc1S(C)(=O)=O)c1cccs1. The maximum atomic E-state index is 11.9. The second-order valence-electron chi connectivity index (χ2n) is 5.15. The van der Waals surface area contributed by atoms with Gasteiger partial charge in [0, 0.05) is 11.1 Å². The minimum absolute atomic E-state index is 0.109. The summed E-state index contributed by atoms with van der Waals surface area (Å²) >= 11 is 1.68. The van der Waals surface area contributed by atoms with Crippen LogP contribution >= 0.6 is 11.3 Å². The number of para-hydroxylation sites is 1. The number of hydrogen-bond acceptors (Lipinski definition) is 4. The van der Waals surface area contributed by atoms with Crippen LogP contribution in [0.25, 0.3) is 0 Å².